The summed E-state index contributed by atoms with van der Waals surface area (Å²) >= 11 is 0. The Bertz CT molecular complexity index is 424. The number of likely N-dealkylation sites (tertiary alicyclic amines) is 1. The summed E-state index contributed by atoms with van der Waals surface area (Å²) in [6.07, 6.45) is 4.55. The quantitative estimate of drug-likeness (QED) is 0.812. The van der Waals surface area contributed by atoms with E-state index in [2.05, 4.69) is 15.5 Å². The SMILES string of the molecule is CCNC(=O)NC(=O)C(C)N1CCCC1C1CCCC1=O. The van der Waals surface area contributed by atoms with Crippen LogP contribution in [0.1, 0.15) is 46.0 Å². The molecule has 2 aliphatic rings. The summed E-state index contributed by atoms with van der Waals surface area (Å²) in [6, 6.07) is -0.675. The molecule has 2 N–H and O–H groups in total. The van der Waals surface area contributed by atoms with E-state index in [4.69, 9.17) is 0 Å². The molecule has 6 heteroatoms. The van der Waals surface area contributed by atoms with Gasteiger partial charge in [-0.25, -0.2) is 4.79 Å². The zero-order chi connectivity index (χ0) is 15.4. The summed E-state index contributed by atoms with van der Waals surface area (Å²) < 4.78 is 0. The van der Waals surface area contributed by atoms with Crippen molar-refractivity contribution in [3.63, 3.8) is 0 Å². The number of nitrogens with zero attached hydrogens (tertiary/aromatic N) is 1. The maximum absolute atomic E-state index is 12.2. The van der Waals surface area contributed by atoms with Crippen LogP contribution in [0.2, 0.25) is 0 Å². The number of nitrogens with one attached hydrogen (secondary N) is 2. The molecular weight excluding hydrogens is 270 g/mol. The third-order valence-corrected chi connectivity index (χ3v) is 4.61. The molecule has 3 unspecified atom stereocenters. The van der Waals surface area contributed by atoms with Gasteiger partial charge < -0.3 is 5.32 Å². The van der Waals surface area contributed by atoms with Crippen molar-refractivity contribution in [2.24, 2.45) is 5.92 Å². The van der Waals surface area contributed by atoms with Crippen LogP contribution in [0, 0.1) is 5.92 Å². The summed E-state index contributed by atoms with van der Waals surface area (Å²) in [4.78, 5) is 37.7. The Morgan fingerprint density at radius 3 is 2.71 bits per heavy atom. The number of Topliss-reactive ketones (excluding diaryl/α,β-unsaturated/α-hetero) is 1. The summed E-state index contributed by atoms with van der Waals surface area (Å²) in [6.45, 7) is 4.91. The zero-order valence-corrected chi connectivity index (χ0v) is 12.9. The normalized spacial score (nSPS) is 27.6. The van der Waals surface area contributed by atoms with Crippen molar-refractivity contribution in [1.29, 1.82) is 0 Å². The van der Waals surface area contributed by atoms with Gasteiger partial charge in [-0.2, -0.15) is 0 Å². The van der Waals surface area contributed by atoms with Crippen molar-refractivity contribution >= 4 is 17.7 Å². The van der Waals surface area contributed by atoms with E-state index in [0.29, 0.717) is 18.7 Å². The Kier molecular flexibility index (Phi) is 5.33. The lowest BCUT2D eigenvalue weighted by Gasteiger charge is -2.32. The lowest BCUT2D eigenvalue weighted by Crippen LogP contribution is -2.52. The Hall–Kier alpha value is -1.43. The standard InChI is InChI=1S/C15H25N3O3/c1-3-16-15(21)17-14(20)10(2)18-9-5-7-12(18)11-6-4-8-13(11)19/h10-12H,3-9H2,1-2H3,(H2,16,17,20,21). The number of imide groups is 1. The van der Waals surface area contributed by atoms with Gasteiger partial charge in [-0.15, -0.1) is 0 Å². The van der Waals surface area contributed by atoms with Gasteiger partial charge >= 0.3 is 6.03 Å². The molecule has 1 saturated heterocycles. The van der Waals surface area contributed by atoms with Crippen molar-refractivity contribution in [1.82, 2.24) is 15.5 Å². The topological polar surface area (TPSA) is 78.5 Å². The van der Waals surface area contributed by atoms with Crippen LogP contribution in [0.15, 0.2) is 0 Å². The maximum Gasteiger partial charge on any atom is 0.321 e. The van der Waals surface area contributed by atoms with Crippen LogP contribution in [-0.2, 0) is 9.59 Å². The Labute approximate surface area is 125 Å². The fourth-order valence-electron chi connectivity index (χ4n) is 3.55. The monoisotopic (exact) mass is 295 g/mol. The molecule has 1 aliphatic carbocycles. The van der Waals surface area contributed by atoms with Crippen LogP contribution in [0.25, 0.3) is 0 Å². The van der Waals surface area contributed by atoms with E-state index >= 15 is 0 Å². The van der Waals surface area contributed by atoms with Crippen LogP contribution in [0.3, 0.4) is 0 Å². The molecule has 1 saturated carbocycles. The van der Waals surface area contributed by atoms with Crippen molar-refractivity contribution in [2.75, 3.05) is 13.1 Å². The minimum atomic E-state index is -0.456. The largest absolute Gasteiger partial charge is 0.338 e. The molecule has 3 amide bonds. The smallest absolute Gasteiger partial charge is 0.321 e. The van der Waals surface area contributed by atoms with Gasteiger partial charge in [-0.05, 0) is 46.1 Å². The molecule has 21 heavy (non-hydrogen) atoms. The molecule has 0 aromatic rings. The van der Waals surface area contributed by atoms with Gasteiger partial charge in [-0.1, -0.05) is 0 Å². The molecule has 0 aromatic heterocycles. The molecule has 0 bridgehead atoms. The summed E-state index contributed by atoms with van der Waals surface area (Å²) in [5.41, 5.74) is 0. The number of carbonyl (C=O) groups excluding carboxylic acids is 3. The number of ketones is 1. The first-order chi connectivity index (χ1) is 10.0. The molecule has 0 spiro atoms. The van der Waals surface area contributed by atoms with Crippen LogP contribution >= 0.6 is 0 Å². The molecule has 2 fully saturated rings. The summed E-state index contributed by atoms with van der Waals surface area (Å²) in [7, 11) is 0. The van der Waals surface area contributed by atoms with Crippen LogP contribution in [-0.4, -0.2) is 47.8 Å². The minimum Gasteiger partial charge on any atom is -0.338 e. The van der Waals surface area contributed by atoms with Gasteiger partial charge in [-0.3, -0.25) is 19.8 Å². The number of urea groups is 1. The zero-order valence-electron chi connectivity index (χ0n) is 12.9. The van der Waals surface area contributed by atoms with Crippen LogP contribution in [0.5, 0.6) is 0 Å². The predicted molar refractivity (Wildman–Crippen MR) is 78.8 cm³/mol. The van der Waals surface area contributed by atoms with E-state index in [1.807, 2.05) is 6.92 Å². The number of hydrogen-bond donors (Lipinski definition) is 2. The molecule has 3 atom stereocenters. The van der Waals surface area contributed by atoms with Gasteiger partial charge in [0.05, 0.1) is 6.04 Å². The second-order valence-corrected chi connectivity index (χ2v) is 5.94. The van der Waals surface area contributed by atoms with Crippen LogP contribution < -0.4 is 10.6 Å². The average Bonchev–Trinajstić information content (AvgIpc) is 3.05. The fraction of sp³-hybridized carbons (Fsp3) is 0.800. The molecule has 118 valence electrons. The number of hydrogen-bond acceptors (Lipinski definition) is 4. The summed E-state index contributed by atoms with van der Waals surface area (Å²) in [5, 5.41) is 4.92. The highest BCUT2D eigenvalue weighted by Gasteiger charge is 2.41. The van der Waals surface area contributed by atoms with Gasteiger partial charge in [0.2, 0.25) is 5.91 Å². The Morgan fingerprint density at radius 2 is 2.10 bits per heavy atom. The number of rotatable bonds is 4. The second kappa shape index (κ2) is 7.02. The van der Waals surface area contributed by atoms with Gasteiger partial charge in [0, 0.05) is 24.9 Å². The summed E-state index contributed by atoms with van der Waals surface area (Å²) in [5.74, 6) is 0.119. The highest BCUT2D eigenvalue weighted by atomic mass is 16.2. The Balaban J connectivity index is 1.97. The highest BCUT2D eigenvalue weighted by Crippen LogP contribution is 2.34. The Morgan fingerprint density at radius 1 is 1.33 bits per heavy atom. The molecule has 2 rings (SSSR count). The first-order valence-electron chi connectivity index (χ1n) is 7.91. The van der Waals surface area contributed by atoms with Gasteiger partial charge in [0.1, 0.15) is 5.78 Å². The number of carbonyl (C=O) groups is 3. The maximum atomic E-state index is 12.2. The predicted octanol–water partition coefficient (Wildman–Crippen LogP) is 1.05. The lowest BCUT2D eigenvalue weighted by molar-refractivity contribution is -0.128. The van der Waals surface area contributed by atoms with E-state index in [1.165, 1.54) is 0 Å². The minimum absolute atomic E-state index is 0.0761. The van der Waals surface area contributed by atoms with Crippen molar-refractivity contribution in [3.8, 4) is 0 Å². The molecule has 0 aromatic carbocycles. The van der Waals surface area contributed by atoms with E-state index in [9.17, 15) is 14.4 Å². The van der Waals surface area contributed by atoms with E-state index in [1.54, 1.807) is 6.92 Å². The molecule has 6 nitrogen and oxygen atoms in total. The molecule has 1 heterocycles. The average molecular weight is 295 g/mol. The van der Waals surface area contributed by atoms with E-state index in [-0.39, 0.29) is 23.9 Å². The highest BCUT2D eigenvalue weighted by molar-refractivity contribution is 5.96. The third kappa shape index (κ3) is 3.61. The third-order valence-electron chi connectivity index (χ3n) is 4.61. The first kappa shape index (κ1) is 15.9. The molecular formula is C15H25N3O3. The van der Waals surface area contributed by atoms with E-state index < -0.39 is 6.03 Å². The molecule has 0 radical (unpaired) electrons. The van der Waals surface area contributed by atoms with Crippen LogP contribution in [0.4, 0.5) is 4.79 Å². The molecule has 1 aliphatic heterocycles. The second-order valence-electron chi connectivity index (χ2n) is 5.94. The van der Waals surface area contributed by atoms with Crippen molar-refractivity contribution < 1.29 is 14.4 Å². The van der Waals surface area contributed by atoms with E-state index in [0.717, 1.165) is 32.2 Å². The fourth-order valence-corrected chi connectivity index (χ4v) is 3.55. The van der Waals surface area contributed by atoms with Crippen molar-refractivity contribution in [2.45, 2.75) is 58.0 Å². The lowest BCUT2D eigenvalue weighted by atomic mass is 9.94. The number of amides is 3. The van der Waals surface area contributed by atoms with Gasteiger partial charge in [0.15, 0.2) is 0 Å². The van der Waals surface area contributed by atoms with Crippen molar-refractivity contribution in [3.05, 3.63) is 0 Å². The van der Waals surface area contributed by atoms with Gasteiger partial charge in [0.25, 0.3) is 0 Å². The first-order valence-corrected chi connectivity index (χ1v) is 7.91.